The van der Waals surface area contributed by atoms with Crippen molar-refractivity contribution in [1.82, 2.24) is 14.8 Å². The predicted octanol–water partition coefficient (Wildman–Crippen LogP) is 5.98. The summed E-state index contributed by atoms with van der Waals surface area (Å²) < 4.78 is 161. The van der Waals surface area contributed by atoms with Crippen LogP contribution >= 0.6 is 0 Å². The molecule has 196 valence electrons. The fourth-order valence-corrected chi connectivity index (χ4v) is 3.21. The zero-order valence-corrected chi connectivity index (χ0v) is 20.6. The molecule has 0 atom stereocenters. The fraction of sp³-hybridized carbons (Fsp3) is 0.211. The molecule has 3 aromatic rings. The molecule has 0 aliphatic rings. The second kappa shape index (κ2) is 9.61. The molecule has 0 radical (unpaired) electrons. The minimum absolute atomic E-state index is 0. The summed E-state index contributed by atoms with van der Waals surface area (Å²) in [6, 6.07) is 0.542. The summed E-state index contributed by atoms with van der Waals surface area (Å²) in [5.41, 5.74) is -13.4. The fourth-order valence-electron chi connectivity index (χ4n) is 3.21. The van der Waals surface area contributed by atoms with Crippen LogP contribution in [0.4, 0.5) is 52.7 Å². The first-order valence-corrected chi connectivity index (χ1v) is 9.01. The van der Waals surface area contributed by atoms with Crippen molar-refractivity contribution < 1.29 is 82.1 Å². The Kier molecular flexibility index (Phi) is 7.81. The van der Waals surface area contributed by atoms with Gasteiger partial charge in [0.15, 0.2) is 11.5 Å². The van der Waals surface area contributed by atoms with Gasteiger partial charge in [-0.2, -0.15) is 58.1 Å². The Bertz CT molecular complexity index is 1340. The third-order valence-corrected chi connectivity index (χ3v) is 4.66. The van der Waals surface area contributed by atoms with E-state index < -0.39 is 91.8 Å². The number of aromatic hydroxyl groups is 1. The maximum atomic E-state index is 14.4. The number of carbonyl (C=O) groups is 1. The van der Waals surface area contributed by atoms with Gasteiger partial charge in [0.05, 0.1) is 16.8 Å². The van der Waals surface area contributed by atoms with E-state index in [1.54, 1.807) is 0 Å². The Morgan fingerprint density at radius 2 is 1.32 bits per heavy atom. The van der Waals surface area contributed by atoms with Gasteiger partial charge in [-0.25, -0.2) is 9.37 Å². The van der Waals surface area contributed by atoms with Crippen LogP contribution in [0.2, 0.25) is 0 Å². The maximum absolute atomic E-state index is 14.4. The predicted molar refractivity (Wildman–Crippen MR) is 92.5 cm³/mol. The molecule has 0 saturated heterocycles. The molecule has 0 unspecified atom stereocenters. The molecular weight excluding hydrogens is 596 g/mol. The summed E-state index contributed by atoms with van der Waals surface area (Å²) in [4.78, 5) is 14.9. The molecule has 0 fully saturated rings. The van der Waals surface area contributed by atoms with E-state index in [1.807, 2.05) is 0 Å². The molecule has 2 heterocycles. The van der Waals surface area contributed by atoms with Crippen molar-refractivity contribution in [3.8, 4) is 11.6 Å². The molecule has 0 spiro atoms. The number of carbonyl (C=O) groups excluding carboxylic acids is 1. The van der Waals surface area contributed by atoms with Crippen LogP contribution in [-0.4, -0.2) is 25.7 Å². The van der Waals surface area contributed by atoms with E-state index in [0.717, 1.165) is 0 Å². The van der Waals surface area contributed by atoms with Crippen LogP contribution < -0.4 is 0 Å². The molecule has 0 amide bonds. The van der Waals surface area contributed by atoms with Gasteiger partial charge in [0.2, 0.25) is 17.5 Å². The number of aromatic nitrogens is 3. The van der Waals surface area contributed by atoms with Gasteiger partial charge in [0.1, 0.15) is 11.3 Å². The average molecular weight is 603 g/mol. The smallest absolute Gasteiger partial charge is 0.436 e. The molecule has 1 aromatic carbocycles. The standard InChI is InChI=1S/C19H7F12N3O2.Zn/c1-5-8(13(35)9-6(17(23,24)25)3-2-4-7(9)18(26,27)28)16(36)34(33-5)12-10(20)14(19(29,30)31)32-15(22)11(12)21;/h2-4,36H,1H3;. The quantitative estimate of drug-likeness (QED) is 0.173. The molecule has 1 N–H and O–H groups in total. The minimum Gasteiger partial charge on any atom is -0.493 e. The maximum Gasteiger partial charge on any atom is 0.436 e. The number of rotatable bonds is 3. The Labute approximate surface area is 209 Å². The number of alkyl halides is 9. The summed E-state index contributed by atoms with van der Waals surface area (Å²) in [6.07, 6.45) is -16.8. The van der Waals surface area contributed by atoms with Gasteiger partial charge in [-0.15, -0.1) is 0 Å². The van der Waals surface area contributed by atoms with E-state index in [-0.39, 0.29) is 31.6 Å². The molecular formula is C19H7F12N3O2Zn. The number of benzene rings is 1. The zero-order chi connectivity index (χ0) is 27.5. The number of aryl methyl sites for hydroxylation is 1. The molecule has 3 rings (SSSR count). The number of ketones is 1. The van der Waals surface area contributed by atoms with Gasteiger partial charge >= 0.3 is 18.5 Å². The Morgan fingerprint density at radius 3 is 1.76 bits per heavy atom. The van der Waals surface area contributed by atoms with Crippen molar-refractivity contribution in [2.45, 2.75) is 25.5 Å². The number of hydrogen-bond donors (Lipinski definition) is 1. The minimum atomic E-state index is -5.71. The monoisotopic (exact) mass is 601 g/mol. The van der Waals surface area contributed by atoms with Gasteiger partial charge in [-0.3, -0.25) is 4.79 Å². The SMILES string of the molecule is Cc1nn(-c2c(F)c(F)nc(C(F)(F)F)c2F)c(O)c1C(=O)c1c(C(F)(F)F)cccc1C(F)(F)F.[Zn]. The topological polar surface area (TPSA) is 68.0 Å². The van der Waals surface area contributed by atoms with Crippen LogP contribution in [0.5, 0.6) is 5.88 Å². The van der Waals surface area contributed by atoms with Crippen LogP contribution in [0.25, 0.3) is 5.69 Å². The van der Waals surface area contributed by atoms with Gasteiger partial charge < -0.3 is 5.11 Å². The van der Waals surface area contributed by atoms with E-state index in [9.17, 15) is 62.6 Å². The normalized spacial score (nSPS) is 12.5. The first kappa shape index (κ1) is 30.1. The van der Waals surface area contributed by atoms with Crippen LogP contribution in [0.3, 0.4) is 0 Å². The largest absolute Gasteiger partial charge is 0.493 e. The second-order valence-electron chi connectivity index (χ2n) is 6.97. The molecule has 18 heteroatoms. The first-order valence-electron chi connectivity index (χ1n) is 9.01. The Balaban J connectivity index is 0.00000481. The van der Waals surface area contributed by atoms with E-state index in [1.165, 1.54) is 0 Å². The zero-order valence-electron chi connectivity index (χ0n) is 17.7. The number of pyridine rings is 1. The summed E-state index contributed by atoms with van der Waals surface area (Å²) in [5.74, 6) is -11.7. The number of halogens is 12. The second-order valence-corrected chi connectivity index (χ2v) is 6.97. The van der Waals surface area contributed by atoms with Crippen LogP contribution in [0, 0.1) is 24.5 Å². The molecule has 0 saturated carbocycles. The van der Waals surface area contributed by atoms with Crippen molar-refractivity contribution in [1.29, 1.82) is 0 Å². The first-order chi connectivity index (χ1) is 16.3. The van der Waals surface area contributed by atoms with Crippen molar-refractivity contribution in [2.75, 3.05) is 0 Å². The average Bonchev–Trinajstić information content (AvgIpc) is 3.01. The van der Waals surface area contributed by atoms with Gasteiger partial charge in [0.25, 0.3) is 5.95 Å². The Morgan fingerprint density at radius 1 is 0.838 bits per heavy atom. The van der Waals surface area contributed by atoms with Crippen molar-refractivity contribution in [3.63, 3.8) is 0 Å². The summed E-state index contributed by atoms with van der Waals surface area (Å²) >= 11 is 0. The molecule has 0 aliphatic carbocycles. The molecule has 5 nitrogen and oxygen atoms in total. The van der Waals surface area contributed by atoms with E-state index >= 15 is 0 Å². The van der Waals surface area contributed by atoms with Gasteiger partial charge in [0, 0.05) is 25.0 Å². The van der Waals surface area contributed by atoms with Gasteiger partial charge in [-0.05, 0) is 19.1 Å². The Hall–Kier alpha value is -3.17. The van der Waals surface area contributed by atoms with E-state index in [4.69, 9.17) is 0 Å². The van der Waals surface area contributed by atoms with Crippen molar-refractivity contribution in [3.05, 3.63) is 69.4 Å². The number of hydrogen-bond acceptors (Lipinski definition) is 4. The third kappa shape index (κ3) is 5.29. The van der Waals surface area contributed by atoms with Crippen molar-refractivity contribution in [2.24, 2.45) is 0 Å². The van der Waals surface area contributed by atoms with Gasteiger partial charge in [-0.1, -0.05) is 6.07 Å². The summed E-state index contributed by atoms with van der Waals surface area (Å²) in [7, 11) is 0. The number of nitrogens with zero attached hydrogens (tertiary/aromatic N) is 3. The van der Waals surface area contributed by atoms with Crippen molar-refractivity contribution >= 4 is 5.78 Å². The molecule has 37 heavy (non-hydrogen) atoms. The molecule has 0 bridgehead atoms. The molecule has 0 aliphatic heterocycles. The van der Waals surface area contributed by atoms with E-state index in [2.05, 4.69) is 10.1 Å². The van der Waals surface area contributed by atoms with Crippen LogP contribution in [0.15, 0.2) is 18.2 Å². The molecule has 2 aromatic heterocycles. The van der Waals surface area contributed by atoms with E-state index in [0.29, 0.717) is 13.0 Å². The van der Waals surface area contributed by atoms with Crippen LogP contribution in [0.1, 0.15) is 38.4 Å². The summed E-state index contributed by atoms with van der Waals surface area (Å²) in [6.45, 7) is 0.672. The third-order valence-electron chi connectivity index (χ3n) is 4.66. The van der Waals surface area contributed by atoms with Crippen LogP contribution in [-0.2, 0) is 38.0 Å². The summed E-state index contributed by atoms with van der Waals surface area (Å²) in [5, 5.41) is 13.4.